The van der Waals surface area contributed by atoms with Gasteiger partial charge in [-0.25, -0.2) is 21.6 Å². The number of anilines is 2. The summed E-state index contributed by atoms with van der Waals surface area (Å²) in [6, 6.07) is 5.28. The van der Waals surface area contributed by atoms with Crippen molar-refractivity contribution in [1.29, 1.82) is 0 Å². The minimum Gasteiger partial charge on any atom is -0.493 e. The van der Waals surface area contributed by atoms with Crippen molar-refractivity contribution in [3.05, 3.63) is 50.6 Å². The van der Waals surface area contributed by atoms with E-state index in [4.69, 9.17) is 27.9 Å². The van der Waals surface area contributed by atoms with E-state index in [1.165, 1.54) is 24.6 Å². The molecule has 2 heterocycles. The Bertz CT molecular complexity index is 1370. The molecule has 0 amide bonds. The maximum absolute atomic E-state index is 13.1. The predicted molar refractivity (Wildman–Crippen MR) is 125 cm³/mol. The molecule has 1 aromatic carbocycles. The Morgan fingerprint density at radius 2 is 1.56 bits per heavy atom. The Morgan fingerprint density at radius 1 is 0.969 bits per heavy atom. The van der Waals surface area contributed by atoms with E-state index in [9.17, 15) is 21.6 Å². The second kappa shape index (κ2) is 9.45. The molecule has 0 aliphatic carbocycles. The van der Waals surface area contributed by atoms with E-state index in [1.807, 2.05) is 0 Å². The molecule has 9 nitrogen and oxygen atoms in total. The highest BCUT2D eigenvalue weighted by Gasteiger charge is 2.29. The van der Waals surface area contributed by atoms with Crippen LogP contribution >= 0.6 is 45.9 Å². The van der Waals surface area contributed by atoms with Crippen LogP contribution < -0.4 is 14.2 Å². The Balaban J connectivity index is 2.05. The molecule has 0 aliphatic rings. The van der Waals surface area contributed by atoms with Gasteiger partial charge < -0.3 is 9.47 Å². The van der Waals surface area contributed by atoms with E-state index in [0.29, 0.717) is 0 Å². The Labute approximate surface area is 202 Å². The lowest BCUT2D eigenvalue weighted by Gasteiger charge is -2.15. The standard InChI is InChI=1S/C17H14Cl2N2O7S4/c1-27-15-9(16(22)28-2)8-30-17(15)32(25,26)21-13-7-11(19)10(18)6-12(13)20-31(23,24)14-4-3-5-29-14/h3-8,20-21H,1-2H3. The van der Waals surface area contributed by atoms with Crippen molar-refractivity contribution in [2.45, 2.75) is 8.42 Å². The first kappa shape index (κ1) is 24.6. The second-order valence-corrected chi connectivity index (χ2v) is 12.3. The number of carbonyl (C=O) groups excluding carboxylic acids is 1. The highest BCUT2D eigenvalue weighted by Crippen LogP contribution is 2.39. The summed E-state index contributed by atoms with van der Waals surface area (Å²) in [7, 11) is -6.01. The van der Waals surface area contributed by atoms with Crippen LogP contribution in [-0.2, 0) is 24.8 Å². The maximum atomic E-state index is 13.1. The Kier molecular flexibility index (Phi) is 7.27. The lowest BCUT2D eigenvalue weighted by atomic mass is 10.3. The fourth-order valence-corrected chi connectivity index (χ4v) is 7.36. The van der Waals surface area contributed by atoms with E-state index in [0.717, 1.165) is 35.8 Å². The minimum atomic E-state index is -4.34. The molecule has 0 unspecified atom stereocenters. The van der Waals surface area contributed by atoms with Gasteiger partial charge in [-0.2, -0.15) is 0 Å². The number of hydrogen-bond acceptors (Lipinski definition) is 9. The lowest BCUT2D eigenvalue weighted by Crippen LogP contribution is -2.17. The van der Waals surface area contributed by atoms with Gasteiger partial charge in [0.25, 0.3) is 20.0 Å². The van der Waals surface area contributed by atoms with E-state index in [1.54, 1.807) is 11.4 Å². The SMILES string of the molecule is COC(=O)c1csc(S(=O)(=O)Nc2cc(Cl)c(Cl)cc2NS(=O)(=O)c2cccs2)c1OC. The van der Waals surface area contributed by atoms with Crippen molar-refractivity contribution in [3.8, 4) is 5.75 Å². The van der Waals surface area contributed by atoms with Gasteiger partial charge in [-0.3, -0.25) is 9.44 Å². The van der Waals surface area contributed by atoms with Crippen molar-refractivity contribution < 1.29 is 31.1 Å². The molecular formula is C17H14Cl2N2O7S4. The van der Waals surface area contributed by atoms with E-state index in [2.05, 4.69) is 14.2 Å². The molecule has 2 N–H and O–H groups in total. The average Bonchev–Trinajstić information content (AvgIpc) is 3.41. The van der Waals surface area contributed by atoms with Crippen LogP contribution in [0.4, 0.5) is 11.4 Å². The van der Waals surface area contributed by atoms with Crippen LogP contribution in [0.25, 0.3) is 0 Å². The quantitative estimate of drug-likeness (QED) is 0.390. The van der Waals surface area contributed by atoms with Crippen LogP contribution in [0, 0.1) is 0 Å². The summed E-state index contributed by atoms with van der Waals surface area (Å²) in [5.41, 5.74) is -0.414. The molecule has 0 bridgehead atoms. The summed E-state index contributed by atoms with van der Waals surface area (Å²) in [6.45, 7) is 0. The van der Waals surface area contributed by atoms with Gasteiger partial charge in [0.1, 0.15) is 9.77 Å². The summed E-state index contributed by atoms with van der Waals surface area (Å²) in [4.78, 5) is 11.9. The summed E-state index contributed by atoms with van der Waals surface area (Å²) < 4.78 is 65.4. The van der Waals surface area contributed by atoms with Gasteiger partial charge in [-0.15, -0.1) is 22.7 Å². The number of carbonyl (C=O) groups is 1. The normalized spacial score (nSPS) is 11.8. The molecule has 0 saturated carbocycles. The number of esters is 1. The fourth-order valence-electron chi connectivity index (χ4n) is 2.48. The molecule has 0 atom stereocenters. The molecule has 32 heavy (non-hydrogen) atoms. The number of ether oxygens (including phenoxy) is 2. The molecule has 3 aromatic rings. The maximum Gasteiger partial charge on any atom is 0.342 e. The van der Waals surface area contributed by atoms with Gasteiger partial charge >= 0.3 is 5.97 Å². The molecule has 172 valence electrons. The van der Waals surface area contributed by atoms with Crippen molar-refractivity contribution in [2.24, 2.45) is 0 Å². The number of rotatable bonds is 8. The summed E-state index contributed by atoms with van der Waals surface area (Å²) >= 11 is 13.7. The zero-order valence-corrected chi connectivity index (χ0v) is 21.0. The molecule has 0 saturated heterocycles. The number of benzene rings is 1. The van der Waals surface area contributed by atoms with Crippen LogP contribution in [-0.4, -0.2) is 37.0 Å². The zero-order valence-electron chi connectivity index (χ0n) is 16.2. The highest BCUT2D eigenvalue weighted by atomic mass is 35.5. The number of sulfonamides is 2. The van der Waals surface area contributed by atoms with Crippen molar-refractivity contribution in [3.63, 3.8) is 0 Å². The summed E-state index contributed by atoms with van der Waals surface area (Å²) in [5, 5.41) is 2.83. The van der Waals surface area contributed by atoms with Crippen LogP contribution in [0.2, 0.25) is 10.0 Å². The van der Waals surface area contributed by atoms with Gasteiger partial charge in [0, 0.05) is 5.38 Å². The molecule has 0 spiro atoms. The van der Waals surface area contributed by atoms with E-state index >= 15 is 0 Å². The molecular weight excluding hydrogens is 543 g/mol. The number of hydrogen-bond donors (Lipinski definition) is 2. The Hall–Kier alpha value is -2.03. The van der Waals surface area contributed by atoms with Gasteiger partial charge in [0.2, 0.25) is 0 Å². The predicted octanol–water partition coefficient (Wildman–Crippen LogP) is 4.51. The summed E-state index contributed by atoms with van der Waals surface area (Å²) in [6.07, 6.45) is 0. The second-order valence-electron chi connectivity index (χ2n) is 5.92. The highest BCUT2D eigenvalue weighted by molar-refractivity contribution is 7.95. The third kappa shape index (κ3) is 4.97. The van der Waals surface area contributed by atoms with Crippen molar-refractivity contribution in [1.82, 2.24) is 0 Å². The molecule has 0 fully saturated rings. The van der Waals surface area contributed by atoms with Crippen LogP contribution in [0.3, 0.4) is 0 Å². The van der Waals surface area contributed by atoms with Gasteiger partial charge in [0.05, 0.1) is 35.6 Å². The van der Waals surface area contributed by atoms with Gasteiger partial charge in [-0.1, -0.05) is 29.3 Å². The average molecular weight is 557 g/mol. The smallest absolute Gasteiger partial charge is 0.342 e. The number of methoxy groups -OCH3 is 2. The molecule has 3 rings (SSSR count). The van der Waals surface area contributed by atoms with E-state index in [-0.39, 0.29) is 41.2 Å². The lowest BCUT2D eigenvalue weighted by molar-refractivity contribution is 0.0597. The van der Waals surface area contributed by atoms with Crippen LogP contribution in [0.15, 0.2) is 43.4 Å². The third-order valence-corrected chi connectivity index (χ3v) is 10.2. The molecule has 2 aromatic heterocycles. The van der Waals surface area contributed by atoms with E-state index < -0.39 is 26.0 Å². The summed E-state index contributed by atoms with van der Waals surface area (Å²) in [5.74, 6) is -0.992. The Morgan fingerprint density at radius 3 is 2.06 bits per heavy atom. The van der Waals surface area contributed by atoms with Gasteiger partial charge in [0.15, 0.2) is 9.96 Å². The molecule has 0 radical (unpaired) electrons. The van der Waals surface area contributed by atoms with Crippen LogP contribution in [0.5, 0.6) is 5.75 Å². The fraction of sp³-hybridized carbons (Fsp3) is 0.118. The van der Waals surface area contributed by atoms with Crippen LogP contribution in [0.1, 0.15) is 10.4 Å². The largest absolute Gasteiger partial charge is 0.493 e. The van der Waals surface area contributed by atoms with Crippen molar-refractivity contribution in [2.75, 3.05) is 23.7 Å². The zero-order chi connectivity index (χ0) is 23.7. The first-order valence-corrected chi connectivity index (χ1v) is 13.8. The topological polar surface area (TPSA) is 128 Å². The first-order chi connectivity index (χ1) is 15.0. The number of nitrogens with one attached hydrogen (secondary N) is 2. The first-order valence-electron chi connectivity index (χ1n) is 8.32. The molecule has 0 aliphatic heterocycles. The minimum absolute atomic E-state index is 0.000163. The number of halogens is 2. The number of thiophene rings is 2. The monoisotopic (exact) mass is 556 g/mol. The van der Waals surface area contributed by atoms with Gasteiger partial charge in [-0.05, 0) is 23.6 Å². The third-order valence-electron chi connectivity index (χ3n) is 3.88. The van der Waals surface area contributed by atoms with Crippen molar-refractivity contribution >= 4 is 83.3 Å². The molecule has 15 heteroatoms.